The van der Waals surface area contributed by atoms with Crippen molar-refractivity contribution < 1.29 is 36.0 Å². The van der Waals surface area contributed by atoms with E-state index < -0.39 is 0 Å². The molecule has 0 aliphatic carbocycles. The molecule has 0 aromatic heterocycles. The predicted molar refractivity (Wildman–Crippen MR) is 541 cm³/mol. The minimum atomic E-state index is 0. The molecular formula is C116H136CuN8O4. The Hall–Kier alpha value is -11.2. The molecular weight excluding hydrogens is 1630 g/mol. The summed E-state index contributed by atoms with van der Waals surface area (Å²) < 4.78 is 27.4. The van der Waals surface area contributed by atoms with Crippen LogP contribution in [0.3, 0.4) is 0 Å². The van der Waals surface area contributed by atoms with Gasteiger partial charge in [0, 0.05) is 61.6 Å². The monoisotopic (exact) mass is 1770 g/mol. The Kier molecular flexibility index (Phi) is 41.2. The quantitative estimate of drug-likeness (QED) is 0.0213. The number of aryl methyl sites for hydroxylation is 4. The van der Waals surface area contributed by atoms with Crippen LogP contribution in [0.4, 0.5) is 0 Å². The van der Waals surface area contributed by atoms with Crippen LogP contribution in [0.1, 0.15) is 326 Å². The Morgan fingerprint density at radius 2 is 0.372 bits per heavy atom. The van der Waals surface area contributed by atoms with Crippen molar-refractivity contribution in [2.75, 3.05) is 0 Å². The van der Waals surface area contributed by atoms with Crippen molar-refractivity contribution in [3.63, 3.8) is 0 Å². The Bertz CT molecular complexity index is 5460. The second-order valence-electron chi connectivity index (χ2n) is 34.4. The summed E-state index contributed by atoms with van der Waals surface area (Å²) in [5.74, 6) is 8.93. The van der Waals surface area contributed by atoms with Crippen LogP contribution in [0, 0.1) is 0 Å². The van der Waals surface area contributed by atoms with Gasteiger partial charge in [0.2, 0.25) is 0 Å². The maximum absolute atomic E-state index is 6.85. The molecule has 0 fully saturated rings. The van der Waals surface area contributed by atoms with Crippen LogP contribution in [0.15, 0.2) is 307 Å². The Morgan fingerprint density at radius 3 is 0.589 bits per heavy atom. The standard InChI is InChI=1S/C116H136N8O4.Cu/c1-5-9-13-17-21-25-29-33-37-41-45-49-53-61-89-65-57-69-93(81-89)125-97-73-77-101-105(85-97)113-118-109(101)117-110-102-78-74-99(127-95-71-59-67-91(83-95)63-55-51-47-43-39-35-31-27-23-19-15-11-7-3)87-107(102)115(119-110)124-116-108-88-100(128-96-72-60-68-92(84-96)64-56-52-48-44-40-36-32-28-24-20-16-12-8-4)76-80-104(108)112(123-116)122-114-106-86-98(75-79-103(106)111(120-113)121-114)126-94-70-58-66-90(82-94)62-54-50-46-42-38-34-30-26-22-18-14-10-6-2;/h13-20,25-32,57-60,65-88H,5-12,21-24,33-56,61-64H2,1-4H3;/b17-13+,18-14+,19-15+,20-16+,29-25+,30-26+,31-27+,32-28+,117-109?,117-110?,120-111?,120-113?,122-112?,122-114?,124-115?,124-116?;. The summed E-state index contributed by atoms with van der Waals surface area (Å²) in [4.78, 5) is 43.4. The van der Waals surface area contributed by atoms with Crippen LogP contribution >= 0.6 is 0 Å². The van der Waals surface area contributed by atoms with Gasteiger partial charge in [-0.05, 0) is 298 Å². The average molecular weight is 1770 g/mol. The molecule has 8 bridgehead atoms. The van der Waals surface area contributed by atoms with Crippen molar-refractivity contribution in [1.29, 1.82) is 0 Å². The number of rotatable bonds is 56. The van der Waals surface area contributed by atoms with Crippen molar-refractivity contribution in [1.82, 2.24) is 0 Å². The van der Waals surface area contributed by atoms with Crippen LogP contribution in [-0.2, 0) is 42.8 Å². The zero-order chi connectivity index (χ0) is 88.0. The molecule has 12 nitrogen and oxygen atoms in total. The first kappa shape index (κ1) is 96.8. The smallest absolute Gasteiger partial charge is 0.164 e. The number of nitrogens with zero attached hydrogens (tertiary/aromatic N) is 8. The molecule has 0 saturated heterocycles. The molecule has 0 spiro atoms. The first-order valence-electron chi connectivity index (χ1n) is 48.9. The van der Waals surface area contributed by atoms with E-state index in [1.807, 2.05) is 97.1 Å². The van der Waals surface area contributed by atoms with Gasteiger partial charge in [-0.15, -0.1) is 0 Å². The van der Waals surface area contributed by atoms with Gasteiger partial charge in [0.1, 0.15) is 46.0 Å². The molecule has 5 aliphatic rings. The number of hydrogen-bond acceptors (Lipinski definition) is 12. The van der Waals surface area contributed by atoms with Gasteiger partial charge in [0.15, 0.2) is 46.7 Å². The maximum Gasteiger partial charge on any atom is 0.164 e. The van der Waals surface area contributed by atoms with Crippen molar-refractivity contribution in [2.24, 2.45) is 39.9 Å². The summed E-state index contributed by atoms with van der Waals surface area (Å²) in [6.45, 7) is 8.90. The second-order valence-corrected chi connectivity index (χ2v) is 34.4. The van der Waals surface area contributed by atoms with Gasteiger partial charge in [0.05, 0.1) is 0 Å². The van der Waals surface area contributed by atoms with E-state index in [4.69, 9.17) is 58.9 Å². The molecule has 0 amide bonds. The fourth-order valence-corrected chi connectivity index (χ4v) is 16.6. The molecule has 129 heavy (non-hydrogen) atoms. The fourth-order valence-electron chi connectivity index (χ4n) is 16.6. The number of amidine groups is 8. The summed E-state index contributed by atoms with van der Waals surface area (Å²) >= 11 is 0. The van der Waals surface area contributed by atoms with Crippen molar-refractivity contribution in [2.45, 2.75) is 285 Å². The zero-order valence-electron chi connectivity index (χ0n) is 77.2. The number of hydrogen-bond donors (Lipinski definition) is 0. The van der Waals surface area contributed by atoms with Crippen LogP contribution in [0.5, 0.6) is 46.0 Å². The molecule has 5 heterocycles. The SMILES string of the molecule is CCC/C=C/C/C=C/CCCCCCCc1cccc(Oc2ccc3c(c2)C2=NC3=NC3=NC(=NC4=NC(=NC5=NC(=N2)c2ccc(Oc6cccc(CCCCCCC/C=C/C/C=C/CCC)c6)cc25)c2ccc(Oc5cccc(CCCCCCC/C=C/C/C=C/CCC)c5)cc24)c2cc(Oc4cccc(CCCCCCC/C=C/C/C=C/CCC)c4)ccc23)c1.[Cu]. The third kappa shape index (κ3) is 31.6. The number of ether oxygens (including phenoxy) is 4. The molecule has 8 aromatic carbocycles. The van der Waals surface area contributed by atoms with E-state index in [2.05, 4.69) is 198 Å². The van der Waals surface area contributed by atoms with E-state index in [1.165, 1.54) is 151 Å². The molecule has 13 heteroatoms. The molecule has 13 rings (SSSR count). The molecule has 0 N–H and O–H groups in total. The van der Waals surface area contributed by atoms with Gasteiger partial charge >= 0.3 is 0 Å². The molecule has 675 valence electrons. The van der Waals surface area contributed by atoms with E-state index in [0.29, 0.717) is 69.7 Å². The normalized spacial score (nSPS) is 13.8. The van der Waals surface area contributed by atoms with E-state index in [-0.39, 0.29) is 17.1 Å². The summed E-state index contributed by atoms with van der Waals surface area (Å²) in [6.07, 6.45) is 83.0. The van der Waals surface area contributed by atoms with Gasteiger partial charge in [0.25, 0.3) is 0 Å². The number of allylic oxidation sites excluding steroid dienone is 16. The predicted octanol–water partition coefficient (Wildman–Crippen LogP) is 32.7. The largest absolute Gasteiger partial charge is 0.457 e. The first-order valence-corrected chi connectivity index (χ1v) is 48.9. The Morgan fingerprint density at radius 1 is 0.186 bits per heavy atom. The topological polar surface area (TPSA) is 136 Å². The Labute approximate surface area is 781 Å². The van der Waals surface area contributed by atoms with E-state index in [1.54, 1.807) is 0 Å². The molecule has 1 radical (unpaired) electrons. The van der Waals surface area contributed by atoms with Gasteiger partial charge in [-0.1, -0.05) is 276 Å². The molecule has 8 aromatic rings. The minimum absolute atomic E-state index is 0. The number of aliphatic imine (C=N–C) groups is 8. The average Bonchev–Trinajstić information content (AvgIpc) is 1.60. The molecule has 0 saturated carbocycles. The number of unbranched alkanes of at least 4 members (excludes halogenated alkanes) is 24. The molecule has 5 aliphatic heterocycles. The molecule has 0 atom stereocenters. The van der Waals surface area contributed by atoms with E-state index >= 15 is 0 Å². The maximum atomic E-state index is 6.85. The van der Waals surface area contributed by atoms with Gasteiger partial charge in [-0.25, -0.2) is 39.9 Å². The summed E-state index contributed by atoms with van der Waals surface area (Å²) in [6, 6.07) is 58.2. The zero-order valence-corrected chi connectivity index (χ0v) is 78.1. The number of fused-ring (bicyclic) bond motifs is 16. The van der Waals surface area contributed by atoms with E-state index in [9.17, 15) is 0 Å². The summed E-state index contributed by atoms with van der Waals surface area (Å²) in [7, 11) is 0. The summed E-state index contributed by atoms with van der Waals surface area (Å²) in [5.41, 5.74) is 10.9. The minimum Gasteiger partial charge on any atom is -0.457 e. The van der Waals surface area contributed by atoms with Crippen molar-refractivity contribution in [3.8, 4) is 46.0 Å². The van der Waals surface area contributed by atoms with Crippen molar-refractivity contribution >= 4 is 46.7 Å². The Balaban J connectivity index is 0.0000151. The van der Waals surface area contributed by atoms with E-state index in [0.717, 1.165) is 196 Å². The van der Waals surface area contributed by atoms with Crippen LogP contribution in [0.25, 0.3) is 0 Å². The van der Waals surface area contributed by atoms with Crippen molar-refractivity contribution in [3.05, 3.63) is 334 Å². The van der Waals surface area contributed by atoms with Crippen LogP contribution in [0.2, 0.25) is 0 Å². The number of benzene rings is 8. The van der Waals surface area contributed by atoms with Crippen LogP contribution < -0.4 is 18.9 Å². The van der Waals surface area contributed by atoms with Gasteiger partial charge in [-0.3, -0.25) is 0 Å². The second kappa shape index (κ2) is 54.9. The van der Waals surface area contributed by atoms with Crippen LogP contribution in [-0.4, -0.2) is 46.7 Å². The molecule has 0 unspecified atom stereocenters. The third-order valence-corrected chi connectivity index (χ3v) is 23.7. The first-order chi connectivity index (χ1) is 63.3. The third-order valence-electron chi connectivity index (χ3n) is 23.7. The fraction of sp³-hybridized carbons (Fsp3) is 0.379. The summed E-state index contributed by atoms with van der Waals surface area (Å²) in [5, 5.41) is 0. The van der Waals surface area contributed by atoms with Gasteiger partial charge in [-0.2, -0.15) is 0 Å². The van der Waals surface area contributed by atoms with Gasteiger partial charge < -0.3 is 18.9 Å².